The van der Waals surface area contributed by atoms with Gasteiger partial charge in [0.25, 0.3) is 0 Å². The summed E-state index contributed by atoms with van der Waals surface area (Å²) in [6.45, 7) is 11.1. The van der Waals surface area contributed by atoms with Gasteiger partial charge in [-0.15, -0.1) is 0 Å². The van der Waals surface area contributed by atoms with Gasteiger partial charge in [-0.2, -0.15) is 0 Å². The number of carbonyl (C=O) groups is 1. The van der Waals surface area contributed by atoms with Crippen LogP contribution in [0.5, 0.6) is 5.75 Å². The summed E-state index contributed by atoms with van der Waals surface area (Å²) < 4.78 is 11.7. The topological polar surface area (TPSA) is 68.5 Å². The number of fused-ring (bicyclic) bond motifs is 3. The minimum Gasteiger partial charge on any atom is -0.507 e. The van der Waals surface area contributed by atoms with Gasteiger partial charge >= 0.3 is 5.97 Å². The molecule has 1 aliphatic rings. The Morgan fingerprint density at radius 1 is 1.06 bits per heavy atom. The molecular formula is C29H33ClN2O4+2. The van der Waals surface area contributed by atoms with Crippen LogP contribution in [0.1, 0.15) is 47.1 Å². The maximum atomic E-state index is 13.2. The Kier molecular flexibility index (Phi) is 6.93. The quantitative estimate of drug-likeness (QED) is 0.349. The maximum Gasteiger partial charge on any atom is 0.342 e. The molecule has 1 saturated heterocycles. The van der Waals surface area contributed by atoms with Crippen LogP contribution in [0.2, 0.25) is 5.02 Å². The molecule has 0 unspecified atom stereocenters. The normalized spacial score (nSPS) is 19.0. The van der Waals surface area contributed by atoms with E-state index in [1.165, 1.54) is 4.90 Å². The number of aryl methyl sites for hydroxylation is 1. The van der Waals surface area contributed by atoms with Crippen molar-refractivity contribution < 1.29 is 28.9 Å². The molecule has 1 atom stereocenters. The molecule has 0 aliphatic carbocycles. The van der Waals surface area contributed by atoms with Gasteiger partial charge in [-0.05, 0) is 32.9 Å². The molecule has 5 rings (SSSR count). The van der Waals surface area contributed by atoms with Crippen molar-refractivity contribution in [2.75, 3.05) is 39.3 Å². The van der Waals surface area contributed by atoms with Crippen LogP contribution in [0.3, 0.4) is 0 Å². The molecule has 1 aliphatic heterocycles. The Labute approximate surface area is 216 Å². The average molecular weight is 509 g/mol. The molecule has 6 nitrogen and oxygen atoms in total. The molecular weight excluding hydrogens is 476 g/mol. The van der Waals surface area contributed by atoms with Crippen molar-refractivity contribution in [1.29, 1.82) is 0 Å². The van der Waals surface area contributed by atoms with Gasteiger partial charge in [0, 0.05) is 26.7 Å². The summed E-state index contributed by atoms with van der Waals surface area (Å²) in [6, 6.07) is 15.3. The van der Waals surface area contributed by atoms with Crippen LogP contribution in [0.25, 0.3) is 21.7 Å². The van der Waals surface area contributed by atoms with E-state index in [2.05, 4.69) is 6.92 Å². The van der Waals surface area contributed by atoms with Crippen LogP contribution in [-0.4, -0.2) is 50.4 Å². The number of phenolic OH excluding ortho intramolecular Hbond substituents is 1. The highest BCUT2D eigenvalue weighted by Crippen LogP contribution is 2.45. The zero-order valence-corrected chi connectivity index (χ0v) is 21.7. The van der Waals surface area contributed by atoms with Crippen molar-refractivity contribution in [3.63, 3.8) is 0 Å². The number of rotatable bonds is 6. The highest BCUT2D eigenvalue weighted by molar-refractivity contribution is 6.30. The Hall–Kier alpha value is -3.06. The first-order valence-corrected chi connectivity index (χ1v) is 13.1. The van der Waals surface area contributed by atoms with E-state index in [1.807, 2.05) is 48.5 Å². The van der Waals surface area contributed by atoms with Gasteiger partial charge in [0.2, 0.25) is 0 Å². The standard InChI is InChI=1S/C29H31ClN2O4/c1-4-31-14-16-32(17-15-31)26(19-10-12-20(30)13-11-19)25-24-23(29(34)35-5-2)18(3)36-28(24)22-9-7-6-8-21(22)27(25)33/h6-13,26,33H,4-5,14-17H2,1-3H3/p+2/t26-/m0/s1. The second-order valence-corrected chi connectivity index (χ2v) is 9.95. The molecule has 0 saturated carbocycles. The second kappa shape index (κ2) is 10.1. The molecule has 7 heteroatoms. The van der Waals surface area contributed by atoms with Crippen LogP contribution in [0.15, 0.2) is 52.9 Å². The zero-order valence-electron chi connectivity index (χ0n) is 21.0. The number of ether oxygens (including phenoxy) is 1. The Balaban J connectivity index is 1.83. The van der Waals surface area contributed by atoms with E-state index in [0.29, 0.717) is 38.3 Å². The molecule has 3 N–H and O–H groups in total. The van der Waals surface area contributed by atoms with E-state index >= 15 is 0 Å². The number of nitrogens with one attached hydrogen (secondary N) is 2. The molecule has 0 radical (unpaired) electrons. The van der Waals surface area contributed by atoms with E-state index < -0.39 is 5.97 Å². The van der Waals surface area contributed by atoms with Gasteiger partial charge in [-0.25, -0.2) is 4.79 Å². The van der Waals surface area contributed by atoms with Crippen LogP contribution in [0.4, 0.5) is 0 Å². The third-order valence-electron chi connectivity index (χ3n) is 7.51. The molecule has 1 aromatic heterocycles. The SMILES string of the molecule is CCOC(=O)c1c(C)oc2c1c([C@H](c1ccc(Cl)cc1)[NH+]1CC[NH+](CC)CC1)c(O)c1ccccc12. The minimum atomic E-state index is -0.435. The van der Waals surface area contributed by atoms with Gasteiger partial charge in [-0.3, -0.25) is 0 Å². The average Bonchev–Trinajstić information content (AvgIpc) is 3.24. The van der Waals surface area contributed by atoms with Crippen molar-refractivity contribution in [1.82, 2.24) is 0 Å². The lowest BCUT2D eigenvalue weighted by molar-refractivity contribution is -1.02. The van der Waals surface area contributed by atoms with Crippen LogP contribution in [0, 0.1) is 6.92 Å². The number of benzene rings is 3. The van der Waals surface area contributed by atoms with Gasteiger partial charge in [-0.1, -0.05) is 48.0 Å². The third-order valence-corrected chi connectivity index (χ3v) is 7.77. The lowest BCUT2D eigenvalue weighted by atomic mass is 9.88. The van der Waals surface area contributed by atoms with Gasteiger partial charge in [0.1, 0.15) is 54.9 Å². The number of piperazine rings is 1. The summed E-state index contributed by atoms with van der Waals surface area (Å²) >= 11 is 6.26. The predicted molar refractivity (Wildman–Crippen MR) is 141 cm³/mol. The zero-order chi connectivity index (χ0) is 25.4. The predicted octanol–water partition coefficient (Wildman–Crippen LogP) is 3.32. The fourth-order valence-electron chi connectivity index (χ4n) is 5.70. The van der Waals surface area contributed by atoms with E-state index in [9.17, 15) is 9.90 Å². The highest BCUT2D eigenvalue weighted by Gasteiger charge is 2.38. The fourth-order valence-corrected chi connectivity index (χ4v) is 5.83. The lowest BCUT2D eigenvalue weighted by Gasteiger charge is -2.35. The van der Waals surface area contributed by atoms with E-state index in [0.717, 1.165) is 43.7 Å². The number of aromatic hydroxyl groups is 1. The van der Waals surface area contributed by atoms with Gasteiger partial charge in [0.05, 0.1) is 18.7 Å². The van der Waals surface area contributed by atoms with Gasteiger partial charge < -0.3 is 24.1 Å². The molecule has 188 valence electrons. The number of carbonyl (C=O) groups excluding carboxylic acids is 1. The molecule has 2 heterocycles. The number of phenols is 1. The van der Waals surface area contributed by atoms with E-state index in [-0.39, 0.29) is 18.4 Å². The summed E-state index contributed by atoms with van der Waals surface area (Å²) in [6.07, 6.45) is 0. The Morgan fingerprint density at radius 3 is 2.36 bits per heavy atom. The molecule has 36 heavy (non-hydrogen) atoms. The summed E-state index contributed by atoms with van der Waals surface area (Å²) in [4.78, 5) is 16.1. The monoisotopic (exact) mass is 508 g/mol. The van der Waals surface area contributed by atoms with Crippen LogP contribution in [-0.2, 0) is 4.74 Å². The van der Waals surface area contributed by atoms with E-state index in [4.69, 9.17) is 20.8 Å². The first kappa shape index (κ1) is 24.6. The first-order valence-electron chi connectivity index (χ1n) is 12.7. The minimum absolute atomic E-state index is 0.183. The molecule has 0 amide bonds. The summed E-state index contributed by atoms with van der Waals surface area (Å²) in [7, 11) is 0. The van der Waals surface area contributed by atoms with Crippen LogP contribution < -0.4 is 9.80 Å². The number of hydrogen-bond donors (Lipinski definition) is 3. The summed E-state index contributed by atoms with van der Waals surface area (Å²) in [5, 5.41) is 14.7. The smallest absolute Gasteiger partial charge is 0.342 e. The van der Waals surface area contributed by atoms with Crippen LogP contribution >= 0.6 is 11.6 Å². The second-order valence-electron chi connectivity index (χ2n) is 9.51. The summed E-state index contributed by atoms with van der Waals surface area (Å²) in [5.74, 6) is 0.238. The molecule has 1 fully saturated rings. The number of quaternary nitrogens is 2. The highest BCUT2D eigenvalue weighted by atomic mass is 35.5. The number of hydrogen-bond acceptors (Lipinski definition) is 4. The first-order chi connectivity index (χ1) is 17.4. The van der Waals surface area contributed by atoms with Crippen molar-refractivity contribution in [2.45, 2.75) is 26.8 Å². The van der Waals surface area contributed by atoms with Crippen molar-refractivity contribution in [3.8, 4) is 5.75 Å². The Bertz CT molecular complexity index is 1400. The number of halogens is 1. The maximum absolute atomic E-state index is 13.2. The van der Waals surface area contributed by atoms with Crippen molar-refractivity contribution in [2.24, 2.45) is 0 Å². The van der Waals surface area contributed by atoms with Gasteiger partial charge in [0.15, 0.2) is 0 Å². The number of furan rings is 1. The summed E-state index contributed by atoms with van der Waals surface area (Å²) in [5.41, 5.74) is 2.74. The fraction of sp³-hybridized carbons (Fsp3) is 0.345. The number of likely N-dealkylation sites (N-methyl/N-ethyl adjacent to an activating group) is 1. The third kappa shape index (κ3) is 4.23. The Morgan fingerprint density at radius 2 is 1.72 bits per heavy atom. The number of esters is 1. The molecule has 3 aromatic carbocycles. The van der Waals surface area contributed by atoms with Crippen molar-refractivity contribution in [3.05, 3.63) is 76.0 Å². The molecule has 0 bridgehead atoms. The lowest BCUT2D eigenvalue weighted by Crippen LogP contribution is -3.28. The largest absolute Gasteiger partial charge is 0.507 e. The van der Waals surface area contributed by atoms with Crippen molar-refractivity contribution >= 4 is 39.3 Å². The van der Waals surface area contributed by atoms with E-state index in [1.54, 1.807) is 18.7 Å². The molecule has 0 spiro atoms. The molecule has 4 aromatic rings.